The van der Waals surface area contributed by atoms with E-state index in [0.717, 1.165) is 19.0 Å². The lowest BCUT2D eigenvalue weighted by Gasteiger charge is -2.21. The van der Waals surface area contributed by atoms with Crippen LogP contribution < -0.4 is 5.73 Å². The minimum Gasteiger partial charge on any atom is -0.330 e. The highest BCUT2D eigenvalue weighted by Crippen LogP contribution is 2.36. The summed E-state index contributed by atoms with van der Waals surface area (Å²) in [6.07, 6.45) is 9.68. The summed E-state index contributed by atoms with van der Waals surface area (Å²) in [7, 11) is 2.24. The van der Waals surface area contributed by atoms with Gasteiger partial charge in [0.25, 0.3) is 0 Å². The average Bonchev–Trinajstić information content (AvgIpc) is 2.73. The zero-order valence-electron chi connectivity index (χ0n) is 13.4. The Bertz CT molecular complexity index is 431. The van der Waals surface area contributed by atoms with Crippen molar-refractivity contribution in [3.05, 3.63) is 35.4 Å². The van der Waals surface area contributed by atoms with Gasteiger partial charge in [-0.3, -0.25) is 4.90 Å². The topological polar surface area (TPSA) is 29.3 Å². The largest absolute Gasteiger partial charge is 0.330 e. The Morgan fingerprint density at radius 1 is 1.00 bits per heavy atom. The van der Waals surface area contributed by atoms with Gasteiger partial charge < -0.3 is 5.73 Å². The molecule has 0 aromatic heterocycles. The van der Waals surface area contributed by atoms with E-state index in [1.165, 1.54) is 50.5 Å². The smallest absolute Gasteiger partial charge is 0.0348 e. The second kappa shape index (κ2) is 6.93. The molecule has 2 fully saturated rings. The van der Waals surface area contributed by atoms with Crippen molar-refractivity contribution in [2.75, 3.05) is 20.1 Å². The van der Waals surface area contributed by atoms with Gasteiger partial charge in [-0.1, -0.05) is 49.9 Å². The highest BCUT2D eigenvalue weighted by Gasteiger charge is 2.29. The molecule has 1 aliphatic carbocycles. The predicted octanol–water partition coefficient (Wildman–Crippen LogP) is 4.08. The lowest BCUT2D eigenvalue weighted by atomic mass is 9.90. The number of rotatable bonds is 3. The van der Waals surface area contributed by atoms with Crippen LogP contribution in [0.1, 0.15) is 68.0 Å². The van der Waals surface area contributed by atoms with E-state index in [2.05, 4.69) is 36.2 Å². The van der Waals surface area contributed by atoms with E-state index in [-0.39, 0.29) is 0 Å². The van der Waals surface area contributed by atoms with Crippen LogP contribution in [-0.2, 0) is 0 Å². The van der Waals surface area contributed by atoms with Crippen LogP contribution >= 0.6 is 0 Å². The van der Waals surface area contributed by atoms with E-state index >= 15 is 0 Å². The van der Waals surface area contributed by atoms with Crippen molar-refractivity contribution in [3.8, 4) is 0 Å². The second-order valence-corrected chi connectivity index (χ2v) is 7.15. The van der Waals surface area contributed by atoms with Crippen LogP contribution in [0, 0.1) is 5.92 Å². The Morgan fingerprint density at radius 3 is 2.19 bits per heavy atom. The molecule has 0 spiro atoms. The first-order chi connectivity index (χ1) is 10.3. The summed E-state index contributed by atoms with van der Waals surface area (Å²) in [4.78, 5) is 2.47. The summed E-state index contributed by atoms with van der Waals surface area (Å²) in [6, 6.07) is 10.1. The SMILES string of the molecule is CN1CC(CN)CC1c1ccc(C2CCCCCC2)cc1. The van der Waals surface area contributed by atoms with Gasteiger partial charge in [-0.2, -0.15) is 0 Å². The highest BCUT2D eigenvalue weighted by atomic mass is 15.2. The summed E-state index contributed by atoms with van der Waals surface area (Å²) in [5, 5.41) is 0. The van der Waals surface area contributed by atoms with Gasteiger partial charge in [-0.15, -0.1) is 0 Å². The lowest BCUT2D eigenvalue weighted by molar-refractivity contribution is 0.313. The number of hydrogen-bond acceptors (Lipinski definition) is 2. The number of nitrogens with zero attached hydrogens (tertiary/aromatic N) is 1. The van der Waals surface area contributed by atoms with Gasteiger partial charge in [-0.25, -0.2) is 0 Å². The monoisotopic (exact) mass is 286 g/mol. The highest BCUT2D eigenvalue weighted by molar-refractivity contribution is 5.28. The second-order valence-electron chi connectivity index (χ2n) is 7.15. The van der Waals surface area contributed by atoms with Crippen LogP contribution in [0.2, 0.25) is 0 Å². The van der Waals surface area contributed by atoms with Crippen molar-refractivity contribution in [2.45, 2.75) is 56.9 Å². The minimum atomic E-state index is 0.571. The molecule has 2 N–H and O–H groups in total. The molecule has 116 valence electrons. The first-order valence-corrected chi connectivity index (χ1v) is 8.78. The van der Waals surface area contributed by atoms with Crippen LogP contribution in [-0.4, -0.2) is 25.0 Å². The average molecular weight is 286 g/mol. The normalized spacial score (nSPS) is 28.7. The molecule has 0 bridgehead atoms. The maximum atomic E-state index is 5.85. The summed E-state index contributed by atoms with van der Waals surface area (Å²) < 4.78 is 0. The Morgan fingerprint density at radius 2 is 1.62 bits per heavy atom. The molecular weight excluding hydrogens is 256 g/mol. The summed E-state index contributed by atoms with van der Waals surface area (Å²) in [5.41, 5.74) is 8.89. The van der Waals surface area contributed by atoms with Crippen LogP contribution in [0.25, 0.3) is 0 Å². The van der Waals surface area contributed by atoms with Crippen molar-refractivity contribution in [2.24, 2.45) is 11.7 Å². The van der Waals surface area contributed by atoms with Crippen molar-refractivity contribution < 1.29 is 0 Å². The van der Waals surface area contributed by atoms with Gasteiger partial charge in [-0.05, 0) is 55.8 Å². The Labute approximate surface area is 129 Å². The molecule has 0 radical (unpaired) electrons. The molecule has 2 aliphatic rings. The van der Waals surface area contributed by atoms with E-state index in [0.29, 0.717) is 12.0 Å². The summed E-state index contributed by atoms with van der Waals surface area (Å²) in [5.74, 6) is 1.47. The maximum absolute atomic E-state index is 5.85. The molecule has 2 nitrogen and oxygen atoms in total. The predicted molar refractivity (Wildman–Crippen MR) is 89.4 cm³/mol. The van der Waals surface area contributed by atoms with Crippen LogP contribution in [0.15, 0.2) is 24.3 Å². The van der Waals surface area contributed by atoms with Crippen molar-refractivity contribution >= 4 is 0 Å². The van der Waals surface area contributed by atoms with Crippen molar-refractivity contribution in [3.63, 3.8) is 0 Å². The summed E-state index contributed by atoms with van der Waals surface area (Å²) in [6.45, 7) is 1.96. The third-order valence-electron chi connectivity index (χ3n) is 5.62. The lowest BCUT2D eigenvalue weighted by Crippen LogP contribution is -2.20. The number of hydrogen-bond donors (Lipinski definition) is 1. The Hall–Kier alpha value is -0.860. The molecule has 21 heavy (non-hydrogen) atoms. The van der Waals surface area contributed by atoms with Crippen LogP contribution in [0.5, 0.6) is 0 Å². The Balaban J connectivity index is 1.69. The molecule has 1 aromatic carbocycles. The zero-order chi connectivity index (χ0) is 14.7. The van der Waals surface area contributed by atoms with Gasteiger partial charge in [0.15, 0.2) is 0 Å². The number of benzene rings is 1. The first kappa shape index (κ1) is 15.1. The summed E-state index contributed by atoms with van der Waals surface area (Å²) >= 11 is 0. The van der Waals surface area contributed by atoms with Gasteiger partial charge in [0.05, 0.1) is 0 Å². The van der Waals surface area contributed by atoms with Gasteiger partial charge in [0, 0.05) is 12.6 Å². The molecule has 2 heteroatoms. The van der Waals surface area contributed by atoms with Gasteiger partial charge in [0.1, 0.15) is 0 Å². The third-order valence-corrected chi connectivity index (χ3v) is 5.62. The molecule has 2 unspecified atom stereocenters. The third kappa shape index (κ3) is 3.49. The Kier molecular flexibility index (Phi) is 4.97. The standard InChI is InChI=1S/C19H30N2/c1-21-14-15(13-20)12-19(21)18-10-8-17(9-11-18)16-6-4-2-3-5-7-16/h8-11,15-16,19H,2-7,12-14,20H2,1H3. The van der Waals surface area contributed by atoms with Gasteiger partial charge >= 0.3 is 0 Å². The van der Waals surface area contributed by atoms with Crippen molar-refractivity contribution in [1.29, 1.82) is 0 Å². The molecule has 1 saturated carbocycles. The minimum absolute atomic E-state index is 0.571. The van der Waals surface area contributed by atoms with E-state index < -0.39 is 0 Å². The molecule has 0 amide bonds. The van der Waals surface area contributed by atoms with Crippen molar-refractivity contribution in [1.82, 2.24) is 4.90 Å². The van der Waals surface area contributed by atoms with Crippen LogP contribution in [0.4, 0.5) is 0 Å². The van der Waals surface area contributed by atoms with Gasteiger partial charge in [0.2, 0.25) is 0 Å². The van der Waals surface area contributed by atoms with E-state index in [1.54, 1.807) is 5.56 Å². The molecule has 1 aliphatic heterocycles. The first-order valence-electron chi connectivity index (χ1n) is 8.78. The van der Waals surface area contributed by atoms with E-state index in [9.17, 15) is 0 Å². The quantitative estimate of drug-likeness (QED) is 0.849. The fourth-order valence-corrected chi connectivity index (χ4v) is 4.27. The zero-order valence-corrected chi connectivity index (χ0v) is 13.4. The molecule has 1 saturated heterocycles. The number of likely N-dealkylation sites (tertiary alicyclic amines) is 1. The van der Waals surface area contributed by atoms with Crippen LogP contribution in [0.3, 0.4) is 0 Å². The fraction of sp³-hybridized carbons (Fsp3) is 0.684. The fourth-order valence-electron chi connectivity index (χ4n) is 4.27. The van der Waals surface area contributed by atoms with E-state index in [1.807, 2.05) is 0 Å². The molecule has 3 rings (SSSR count). The van der Waals surface area contributed by atoms with E-state index in [4.69, 9.17) is 5.73 Å². The molecule has 1 heterocycles. The number of nitrogens with two attached hydrogens (primary N) is 1. The molecule has 2 atom stereocenters. The maximum Gasteiger partial charge on any atom is 0.0348 e. The molecule has 1 aromatic rings. The molecular formula is C19H30N2.